The smallest absolute Gasteiger partial charge is 0.274 e. The minimum atomic E-state index is -0.260. The number of nitrogens with zero attached hydrogens (tertiary/aromatic N) is 2. The summed E-state index contributed by atoms with van der Waals surface area (Å²) in [6.45, 7) is 3.42. The molecule has 1 aliphatic carbocycles. The van der Waals surface area contributed by atoms with E-state index in [-0.39, 0.29) is 11.5 Å². The highest BCUT2D eigenvalue weighted by Gasteiger charge is 2.25. The summed E-state index contributed by atoms with van der Waals surface area (Å²) in [7, 11) is 0. The van der Waals surface area contributed by atoms with Gasteiger partial charge in [-0.2, -0.15) is 5.10 Å². The Bertz CT molecular complexity index is 719. The van der Waals surface area contributed by atoms with E-state index in [1.165, 1.54) is 19.3 Å². The number of nitrogens with one attached hydrogen (secondary N) is 1. The highest BCUT2D eigenvalue weighted by Crippen LogP contribution is 2.27. The lowest BCUT2D eigenvalue weighted by Crippen LogP contribution is -2.38. The Morgan fingerprint density at radius 2 is 2.05 bits per heavy atom. The molecule has 1 aliphatic rings. The molecule has 1 heterocycles. The van der Waals surface area contributed by atoms with E-state index >= 15 is 0 Å². The van der Waals surface area contributed by atoms with Crippen molar-refractivity contribution in [3.8, 4) is 0 Å². The zero-order chi connectivity index (χ0) is 14.8. The molecule has 2 aromatic rings. The third-order valence-electron chi connectivity index (χ3n) is 4.27. The highest BCUT2D eigenvalue weighted by atomic mass is 16.2. The van der Waals surface area contributed by atoms with Crippen LogP contribution in [0.4, 0.5) is 0 Å². The maximum Gasteiger partial charge on any atom is 0.274 e. The molecule has 0 bridgehead atoms. The third-order valence-corrected chi connectivity index (χ3v) is 4.27. The van der Waals surface area contributed by atoms with Gasteiger partial charge in [-0.3, -0.25) is 9.59 Å². The van der Waals surface area contributed by atoms with Crippen LogP contribution in [0.1, 0.15) is 36.7 Å². The Morgan fingerprint density at radius 1 is 1.33 bits per heavy atom. The Kier molecular flexibility index (Phi) is 3.73. The second kappa shape index (κ2) is 5.68. The molecule has 0 aliphatic heterocycles. The predicted molar refractivity (Wildman–Crippen MR) is 81.3 cm³/mol. The van der Waals surface area contributed by atoms with Crippen LogP contribution in [0.15, 0.2) is 29.1 Å². The average Bonchev–Trinajstić information content (AvgIpc) is 2.46. The lowest BCUT2D eigenvalue weighted by atomic mass is 9.85. The molecule has 0 unspecified atom stereocenters. The summed E-state index contributed by atoms with van der Waals surface area (Å²) in [6, 6.07) is 7.11. The molecule has 0 atom stereocenters. The first-order chi connectivity index (χ1) is 10.2. The van der Waals surface area contributed by atoms with Crippen molar-refractivity contribution in [1.29, 1.82) is 0 Å². The summed E-state index contributed by atoms with van der Waals surface area (Å²) >= 11 is 0. The molecule has 1 aromatic heterocycles. The van der Waals surface area contributed by atoms with Crippen LogP contribution in [0.3, 0.4) is 0 Å². The van der Waals surface area contributed by atoms with Gasteiger partial charge >= 0.3 is 0 Å². The fourth-order valence-electron chi connectivity index (χ4n) is 2.77. The van der Waals surface area contributed by atoms with Gasteiger partial charge in [-0.05, 0) is 31.7 Å². The molecule has 1 saturated carbocycles. The number of fused-ring (bicyclic) bond motifs is 1. The number of H-pyrrole nitrogens is 1. The molecular weight excluding hydrogens is 266 g/mol. The molecule has 1 N–H and O–H groups in total. The average molecular weight is 285 g/mol. The maximum atomic E-state index is 12.7. The van der Waals surface area contributed by atoms with E-state index in [9.17, 15) is 9.59 Å². The molecule has 0 spiro atoms. The van der Waals surface area contributed by atoms with Crippen LogP contribution in [-0.4, -0.2) is 34.1 Å². The van der Waals surface area contributed by atoms with Crippen LogP contribution >= 0.6 is 0 Å². The summed E-state index contributed by atoms with van der Waals surface area (Å²) in [6.07, 6.45) is 3.66. The van der Waals surface area contributed by atoms with Crippen molar-refractivity contribution in [2.24, 2.45) is 5.92 Å². The largest absolute Gasteiger partial charge is 0.337 e. The van der Waals surface area contributed by atoms with E-state index in [1.54, 1.807) is 18.2 Å². The normalized spacial score (nSPS) is 14.9. The fourth-order valence-corrected chi connectivity index (χ4v) is 2.77. The number of rotatable bonds is 4. The second-order valence-corrected chi connectivity index (χ2v) is 5.59. The minimum Gasteiger partial charge on any atom is -0.337 e. The monoisotopic (exact) mass is 285 g/mol. The van der Waals surface area contributed by atoms with Gasteiger partial charge in [0.2, 0.25) is 0 Å². The Balaban J connectivity index is 1.96. The number of amides is 1. The second-order valence-electron chi connectivity index (χ2n) is 5.59. The van der Waals surface area contributed by atoms with Gasteiger partial charge in [0.25, 0.3) is 11.5 Å². The van der Waals surface area contributed by atoms with Gasteiger partial charge in [0, 0.05) is 18.5 Å². The van der Waals surface area contributed by atoms with Crippen LogP contribution in [0.5, 0.6) is 0 Å². The Morgan fingerprint density at radius 3 is 2.67 bits per heavy atom. The standard InChI is InChI=1S/C16H19N3O2/c1-2-19(10-11-6-5-7-11)16(21)14-12-8-3-4-9-13(12)15(20)18-17-14/h3-4,8-9,11H,2,5-7,10H2,1H3,(H,18,20). The number of carbonyl (C=O) groups is 1. The first-order valence-corrected chi connectivity index (χ1v) is 7.47. The third kappa shape index (κ3) is 2.55. The summed E-state index contributed by atoms with van der Waals surface area (Å²) in [4.78, 5) is 26.3. The van der Waals surface area contributed by atoms with Crippen molar-refractivity contribution in [1.82, 2.24) is 15.1 Å². The van der Waals surface area contributed by atoms with Gasteiger partial charge in [-0.1, -0.05) is 24.6 Å². The maximum absolute atomic E-state index is 12.7. The number of carbonyl (C=O) groups excluding carboxylic acids is 1. The van der Waals surface area contributed by atoms with E-state index in [2.05, 4.69) is 10.2 Å². The molecule has 5 heteroatoms. The van der Waals surface area contributed by atoms with Gasteiger partial charge < -0.3 is 4.90 Å². The van der Waals surface area contributed by atoms with E-state index in [0.29, 0.717) is 28.9 Å². The van der Waals surface area contributed by atoms with Gasteiger partial charge in [-0.15, -0.1) is 0 Å². The number of aromatic amines is 1. The number of benzene rings is 1. The molecule has 3 rings (SSSR count). The summed E-state index contributed by atoms with van der Waals surface area (Å²) in [5.41, 5.74) is 0.0792. The quantitative estimate of drug-likeness (QED) is 0.936. The number of aromatic nitrogens is 2. The number of hydrogen-bond acceptors (Lipinski definition) is 3. The molecule has 5 nitrogen and oxygen atoms in total. The molecule has 21 heavy (non-hydrogen) atoms. The Hall–Kier alpha value is -2.17. The van der Waals surface area contributed by atoms with E-state index in [0.717, 1.165) is 6.54 Å². The van der Waals surface area contributed by atoms with E-state index < -0.39 is 0 Å². The van der Waals surface area contributed by atoms with Crippen molar-refractivity contribution in [3.05, 3.63) is 40.3 Å². The Labute approximate surface area is 123 Å². The van der Waals surface area contributed by atoms with Gasteiger partial charge in [0.05, 0.1) is 5.39 Å². The molecular formula is C16H19N3O2. The zero-order valence-corrected chi connectivity index (χ0v) is 12.1. The van der Waals surface area contributed by atoms with Crippen LogP contribution in [0, 0.1) is 5.92 Å². The summed E-state index contributed by atoms with van der Waals surface area (Å²) in [5.74, 6) is 0.514. The van der Waals surface area contributed by atoms with Gasteiger partial charge in [0.15, 0.2) is 5.69 Å². The van der Waals surface area contributed by atoms with Crippen molar-refractivity contribution >= 4 is 16.7 Å². The summed E-state index contributed by atoms with van der Waals surface area (Å²) in [5, 5.41) is 7.56. The van der Waals surface area contributed by atoms with Crippen LogP contribution in [0.25, 0.3) is 10.8 Å². The SMILES string of the molecule is CCN(CC1CCC1)C(=O)c1n[nH]c(=O)c2ccccc12. The first-order valence-electron chi connectivity index (χ1n) is 7.47. The highest BCUT2D eigenvalue weighted by molar-refractivity contribution is 6.04. The topological polar surface area (TPSA) is 66.1 Å². The molecule has 110 valence electrons. The van der Waals surface area contributed by atoms with Crippen molar-refractivity contribution in [2.75, 3.05) is 13.1 Å². The lowest BCUT2D eigenvalue weighted by molar-refractivity contribution is 0.0701. The molecule has 1 amide bonds. The zero-order valence-electron chi connectivity index (χ0n) is 12.1. The van der Waals surface area contributed by atoms with Crippen molar-refractivity contribution < 1.29 is 4.79 Å². The molecule has 0 saturated heterocycles. The first kappa shape index (κ1) is 13.8. The van der Waals surface area contributed by atoms with Crippen LogP contribution in [0.2, 0.25) is 0 Å². The van der Waals surface area contributed by atoms with Gasteiger partial charge in [0.1, 0.15) is 0 Å². The fraction of sp³-hybridized carbons (Fsp3) is 0.438. The molecule has 1 aromatic carbocycles. The van der Waals surface area contributed by atoms with Crippen LogP contribution in [-0.2, 0) is 0 Å². The molecule has 0 radical (unpaired) electrons. The predicted octanol–water partition coefficient (Wildman–Crippen LogP) is 2.19. The molecule has 1 fully saturated rings. The lowest BCUT2D eigenvalue weighted by Gasteiger charge is -2.31. The van der Waals surface area contributed by atoms with Crippen LogP contribution < -0.4 is 5.56 Å². The number of hydrogen-bond donors (Lipinski definition) is 1. The minimum absolute atomic E-state index is 0.100. The van der Waals surface area contributed by atoms with E-state index in [1.807, 2.05) is 17.9 Å². The van der Waals surface area contributed by atoms with E-state index in [4.69, 9.17) is 0 Å². The van der Waals surface area contributed by atoms with Crippen molar-refractivity contribution in [2.45, 2.75) is 26.2 Å². The summed E-state index contributed by atoms with van der Waals surface area (Å²) < 4.78 is 0. The van der Waals surface area contributed by atoms with Crippen molar-refractivity contribution in [3.63, 3.8) is 0 Å². The van der Waals surface area contributed by atoms with Gasteiger partial charge in [-0.25, -0.2) is 5.10 Å².